The first-order valence-corrected chi connectivity index (χ1v) is 6.82. The first-order valence-electron chi connectivity index (χ1n) is 6.82. The number of benzene rings is 1. The number of nitrogens with zero attached hydrogens (tertiary/aromatic N) is 3. The van der Waals surface area contributed by atoms with E-state index in [1.165, 1.54) is 0 Å². The van der Waals surface area contributed by atoms with Crippen molar-refractivity contribution in [2.45, 2.75) is 26.8 Å². The molecule has 1 aromatic carbocycles. The summed E-state index contributed by atoms with van der Waals surface area (Å²) < 4.78 is 5.72. The van der Waals surface area contributed by atoms with E-state index >= 15 is 0 Å². The van der Waals surface area contributed by atoms with Crippen LogP contribution in [0.5, 0.6) is 0 Å². The molecule has 0 aliphatic rings. The number of nitriles is 1. The highest BCUT2D eigenvalue weighted by atomic mass is 16.3. The lowest BCUT2D eigenvalue weighted by atomic mass is 10.2. The second-order valence-electron chi connectivity index (χ2n) is 5.37. The molecule has 0 saturated heterocycles. The van der Waals surface area contributed by atoms with E-state index in [1.54, 1.807) is 6.07 Å². The van der Waals surface area contributed by atoms with Crippen LogP contribution < -0.4 is 5.73 Å². The van der Waals surface area contributed by atoms with Crippen LogP contribution >= 0.6 is 0 Å². The summed E-state index contributed by atoms with van der Waals surface area (Å²) in [6.07, 6.45) is 0.514. The van der Waals surface area contributed by atoms with Crippen molar-refractivity contribution in [3.8, 4) is 6.07 Å². The summed E-state index contributed by atoms with van der Waals surface area (Å²) in [7, 11) is 0. The first-order chi connectivity index (χ1) is 9.58. The molecular formula is C15H20N4O. The van der Waals surface area contributed by atoms with Crippen molar-refractivity contribution in [1.82, 2.24) is 9.88 Å². The van der Waals surface area contributed by atoms with Gasteiger partial charge in [0.25, 0.3) is 0 Å². The molecule has 0 saturated carbocycles. The molecule has 2 rings (SSSR count). The number of fused-ring (bicyclic) bond motifs is 1. The maximum absolute atomic E-state index is 8.73. The van der Waals surface area contributed by atoms with Crippen molar-refractivity contribution in [2.75, 3.05) is 18.8 Å². The smallest absolute Gasteiger partial charge is 0.209 e. The van der Waals surface area contributed by atoms with E-state index in [1.807, 2.05) is 12.1 Å². The number of nitrogen functional groups attached to an aromatic ring is 1. The Labute approximate surface area is 119 Å². The molecule has 0 spiro atoms. The standard InChI is InChI=1S/C15H20N4O/c1-11(2)9-19(7-3-6-16)10-15-18-13-8-12(17)4-5-14(13)20-15/h4-5,8,11H,3,7,9-10,17H2,1-2H3. The van der Waals surface area contributed by atoms with Crippen molar-refractivity contribution < 1.29 is 4.42 Å². The molecule has 0 fully saturated rings. The molecular weight excluding hydrogens is 252 g/mol. The molecule has 5 heteroatoms. The lowest BCUT2D eigenvalue weighted by Crippen LogP contribution is -2.28. The summed E-state index contributed by atoms with van der Waals surface area (Å²) in [4.78, 5) is 6.65. The number of hydrogen-bond acceptors (Lipinski definition) is 5. The normalized spacial score (nSPS) is 11.3. The number of hydrogen-bond donors (Lipinski definition) is 1. The van der Waals surface area contributed by atoms with E-state index in [0.717, 1.165) is 24.2 Å². The Kier molecular flexibility index (Phi) is 4.59. The average molecular weight is 272 g/mol. The molecule has 5 nitrogen and oxygen atoms in total. The molecule has 0 amide bonds. The van der Waals surface area contributed by atoms with Crippen LogP contribution in [-0.2, 0) is 6.54 Å². The molecule has 106 valence electrons. The summed E-state index contributed by atoms with van der Waals surface area (Å²) >= 11 is 0. The Morgan fingerprint density at radius 3 is 2.95 bits per heavy atom. The van der Waals surface area contributed by atoms with Gasteiger partial charge in [-0.25, -0.2) is 4.98 Å². The number of rotatable bonds is 6. The van der Waals surface area contributed by atoms with Crippen molar-refractivity contribution in [3.63, 3.8) is 0 Å². The van der Waals surface area contributed by atoms with Crippen LogP contribution in [0.4, 0.5) is 5.69 Å². The number of anilines is 1. The largest absolute Gasteiger partial charge is 0.439 e. The van der Waals surface area contributed by atoms with E-state index in [4.69, 9.17) is 15.4 Å². The molecule has 2 aromatic rings. The third-order valence-electron chi connectivity index (χ3n) is 2.98. The Bertz CT molecular complexity index is 612. The van der Waals surface area contributed by atoms with Crippen LogP contribution in [0.3, 0.4) is 0 Å². The average Bonchev–Trinajstić information content (AvgIpc) is 2.76. The van der Waals surface area contributed by atoms with Gasteiger partial charge in [0, 0.05) is 25.2 Å². The minimum atomic E-state index is 0.514. The molecule has 2 N–H and O–H groups in total. The van der Waals surface area contributed by atoms with Crippen LogP contribution in [0.1, 0.15) is 26.2 Å². The van der Waals surface area contributed by atoms with E-state index in [9.17, 15) is 0 Å². The monoisotopic (exact) mass is 272 g/mol. The molecule has 0 unspecified atom stereocenters. The topological polar surface area (TPSA) is 79.1 Å². The van der Waals surface area contributed by atoms with Gasteiger partial charge in [0.05, 0.1) is 12.6 Å². The minimum absolute atomic E-state index is 0.514. The number of aromatic nitrogens is 1. The predicted octanol–water partition coefficient (Wildman–Crippen LogP) is 2.78. The van der Waals surface area contributed by atoms with Gasteiger partial charge in [0.15, 0.2) is 5.58 Å². The molecule has 0 atom stereocenters. The van der Waals surface area contributed by atoms with E-state index in [-0.39, 0.29) is 0 Å². The van der Waals surface area contributed by atoms with Gasteiger partial charge >= 0.3 is 0 Å². The second kappa shape index (κ2) is 6.40. The van der Waals surface area contributed by atoms with Gasteiger partial charge in [0.2, 0.25) is 5.89 Å². The summed E-state index contributed by atoms with van der Waals surface area (Å²) in [5.74, 6) is 1.21. The van der Waals surface area contributed by atoms with Crippen molar-refractivity contribution >= 4 is 16.8 Å². The second-order valence-corrected chi connectivity index (χ2v) is 5.37. The van der Waals surface area contributed by atoms with Crippen molar-refractivity contribution in [1.29, 1.82) is 5.26 Å². The van der Waals surface area contributed by atoms with Crippen LogP contribution in [0.2, 0.25) is 0 Å². The zero-order chi connectivity index (χ0) is 14.5. The Morgan fingerprint density at radius 1 is 1.45 bits per heavy atom. The van der Waals surface area contributed by atoms with Gasteiger partial charge in [-0.2, -0.15) is 5.26 Å². The lowest BCUT2D eigenvalue weighted by Gasteiger charge is -2.21. The third-order valence-corrected chi connectivity index (χ3v) is 2.98. The lowest BCUT2D eigenvalue weighted by molar-refractivity contribution is 0.221. The van der Waals surface area contributed by atoms with Crippen LogP contribution in [0.25, 0.3) is 11.1 Å². The highest BCUT2D eigenvalue weighted by Crippen LogP contribution is 2.19. The van der Waals surface area contributed by atoms with E-state index in [2.05, 4.69) is 29.8 Å². The minimum Gasteiger partial charge on any atom is -0.439 e. The molecule has 0 aliphatic heterocycles. The highest BCUT2D eigenvalue weighted by Gasteiger charge is 2.12. The zero-order valence-corrected chi connectivity index (χ0v) is 12.0. The number of nitrogens with two attached hydrogens (primary N) is 1. The molecule has 0 bridgehead atoms. The molecule has 1 aromatic heterocycles. The van der Waals surface area contributed by atoms with Crippen LogP contribution in [0.15, 0.2) is 22.6 Å². The SMILES string of the molecule is CC(C)CN(CCC#N)Cc1nc2cc(N)ccc2o1. The van der Waals surface area contributed by atoms with Gasteiger partial charge in [-0.3, -0.25) is 4.90 Å². The van der Waals surface area contributed by atoms with Gasteiger partial charge in [-0.15, -0.1) is 0 Å². The maximum Gasteiger partial charge on any atom is 0.209 e. The molecule has 20 heavy (non-hydrogen) atoms. The summed E-state index contributed by atoms with van der Waals surface area (Å²) in [5.41, 5.74) is 7.95. The third kappa shape index (κ3) is 3.72. The van der Waals surface area contributed by atoms with E-state index in [0.29, 0.717) is 30.5 Å². The summed E-state index contributed by atoms with van der Waals surface area (Å²) in [5, 5.41) is 8.73. The molecule has 1 heterocycles. The summed E-state index contributed by atoms with van der Waals surface area (Å²) in [6, 6.07) is 7.63. The fraction of sp³-hybridized carbons (Fsp3) is 0.467. The zero-order valence-electron chi connectivity index (χ0n) is 12.0. The van der Waals surface area contributed by atoms with Gasteiger partial charge in [-0.05, 0) is 24.1 Å². The maximum atomic E-state index is 8.73. The molecule has 0 radical (unpaired) electrons. The fourth-order valence-corrected chi connectivity index (χ4v) is 2.21. The van der Waals surface area contributed by atoms with Crippen LogP contribution in [0, 0.1) is 17.2 Å². The Balaban J connectivity index is 2.12. The Hall–Kier alpha value is -2.06. The fourth-order valence-electron chi connectivity index (χ4n) is 2.21. The Morgan fingerprint density at radius 2 is 2.25 bits per heavy atom. The quantitative estimate of drug-likeness (QED) is 0.818. The number of oxazole rings is 1. The van der Waals surface area contributed by atoms with Crippen LogP contribution in [-0.4, -0.2) is 23.0 Å². The van der Waals surface area contributed by atoms with Gasteiger partial charge < -0.3 is 10.2 Å². The first kappa shape index (κ1) is 14.4. The summed E-state index contributed by atoms with van der Waals surface area (Å²) in [6.45, 7) is 6.59. The van der Waals surface area contributed by atoms with E-state index < -0.39 is 0 Å². The van der Waals surface area contributed by atoms with Gasteiger partial charge in [-0.1, -0.05) is 13.8 Å². The molecule has 0 aliphatic carbocycles. The van der Waals surface area contributed by atoms with Gasteiger partial charge in [0.1, 0.15) is 5.52 Å². The predicted molar refractivity (Wildman–Crippen MR) is 78.8 cm³/mol. The highest BCUT2D eigenvalue weighted by molar-refractivity contribution is 5.76. The van der Waals surface area contributed by atoms with Crippen molar-refractivity contribution in [3.05, 3.63) is 24.1 Å². The van der Waals surface area contributed by atoms with Crippen molar-refractivity contribution in [2.24, 2.45) is 5.92 Å².